The second kappa shape index (κ2) is 9.85. The molecule has 2 aromatic carbocycles. The summed E-state index contributed by atoms with van der Waals surface area (Å²) in [7, 11) is 0. The molecule has 6 nitrogen and oxygen atoms in total. The highest BCUT2D eigenvalue weighted by atomic mass is 79.9. The number of hydrogen-bond acceptors (Lipinski definition) is 3. The van der Waals surface area contributed by atoms with Crippen molar-refractivity contribution in [1.29, 1.82) is 0 Å². The number of H-pyrrole nitrogens is 1. The van der Waals surface area contributed by atoms with Crippen LogP contribution in [-0.2, 0) is 0 Å². The topological polar surface area (TPSA) is 61.3 Å². The summed E-state index contributed by atoms with van der Waals surface area (Å²) in [6.07, 6.45) is 5.39. The van der Waals surface area contributed by atoms with Gasteiger partial charge in [0.05, 0.1) is 11.0 Å². The monoisotopic (exact) mass is 510 g/mol. The first-order valence-electron chi connectivity index (χ1n) is 12.0. The van der Waals surface area contributed by atoms with E-state index in [1.807, 2.05) is 58.0 Å². The number of piperidine rings is 2. The van der Waals surface area contributed by atoms with Crippen LogP contribution in [-0.4, -0.2) is 58.0 Å². The van der Waals surface area contributed by atoms with Crippen LogP contribution >= 0.6 is 15.9 Å². The maximum Gasteiger partial charge on any atom is 0.326 e. The average molecular weight is 511 g/mol. The minimum Gasteiger partial charge on any atom is -0.339 e. The Kier molecular flexibility index (Phi) is 6.69. The maximum atomic E-state index is 12.8. The minimum atomic E-state index is 0.0128. The summed E-state index contributed by atoms with van der Waals surface area (Å²) >= 11 is 3.46. The standard InChI is InChI=1S/C26H31BrN4O2/c27-21-5-3-4-20(18-21)25(32)30-16-9-19(10-17-30)8-13-29-14-11-22(12-15-29)31-24-7-2-1-6-23(24)28-26(31)33/h1-7,18-19,22H,8-17H2,(H,28,33). The van der Waals surface area contributed by atoms with Crippen LogP contribution in [0.4, 0.5) is 0 Å². The van der Waals surface area contributed by atoms with Crippen LogP contribution in [0.1, 0.15) is 48.5 Å². The summed E-state index contributed by atoms with van der Waals surface area (Å²) < 4.78 is 2.91. The number of likely N-dealkylation sites (tertiary alicyclic amines) is 2. The lowest BCUT2D eigenvalue weighted by atomic mass is 9.92. The number of nitrogens with one attached hydrogen (secondary N) is 1. The predicted octanol–water partition coefficient (Wildman–Crippen LogP) is 4.67. The first-order valence-corrected chi connectivity index (χ1v) is 12.8. The van der Waals surface area contributed by atoms with Crippen molar-refractivity contribution >= 4 is 32.9 Å². The molecular formula is C26H31BrN4O2. The normalized spacial score (nSPS) is 18.8. The zero-order chi connectivity index (χ0) is 22.8. The van der Waals surface area contributed by atoms with Crippen LogP contribution < -0.4 is 5.69 Å². The van der Waals surface area contributed by atoms with Crippen LogP contribution in [0.3, 0.4) is 0 Å². The lowest BCUT2D eigenvalue weighted by Crippen LogP contribution is -2.40. The highest BCUT2D eigenvalue weighted by Crippen LogP contribution is 2.27. The third-order valence-electron chi connectivity index (χ3n) is 7.37. The fourth-order valence-corrected chi connectivity index (χ4v) is 5.83. The molecule has 1 N–H and O–H groups in total. The van der Waals surface area contributed by atoms with Crippen molar-refractivity contribution in [3.05, 3.63) is 69.1 Å². The van der Waals surface area contributed by atoms with E-state index in [1.165, 1.54) is 6.42 Å². The van der Waals surface area contributed by atoms with E-state index in [9.17, 15) is 9.59 Å². The average Bonchev–Trinajstić information content (AvgIpc) is 3.18. The third kappa shape index (κ3) is 4.94. The Bertz CT molecular complexity index is 1170. The summed E-state index contributed by atoms with van der Waals surface area (Å²) in [4.78, 5) is 32.8. The maximum absolute atomic E-state index is 12.8. The fourth-order valence-electron chi connectivity index (χ4n) is 5.43. The Balaban J connectivity index is 1.08. The molecule has 0 unspecified atom stereocenters. The van der Waals surface area contributed by atoms with E-state index in [0.717, 1.165) is 79.5 Å². The number of carbonyl (C=O) groups excluding carboxylic acids is 1. The van der Waals surface area contributed by atoms with E-state index >= 15 is 0 Å². The molecule has 2 aliphatic heterocycles. The third-order valence-corrected chi connectivity index (χ3v) is 7.87. The Morgan fingerprint density at radius 3 is 2.48 bits per heavy atom. The molecule has 0 atom stereocenters. The number of nitrogens with zero attached hydrogens (tertiary/aromatic N) is 3. The zero-order valence-corrected chi connectivity index (χ0v) is 20.5. The highest BCUT2D eigenvalue weighted by molar-refractivity contribution is 9.10. The number of hydrogen-bond donors (Lipinski definition) is 1. The predicted molar refractivity (Wildman–Crippen MR) is 135 cm³/mol. The first-order chi connectivity index (χ1) is 16.1. The number of rotatable bonds is 5. The van der Waals surface area contributed by atoms with E-state index in [0.29, 0.717) is 5.92 Å². The fraction of sp³-hybridized carbons (Fsp3) is 0.462. The molecular weight excluding hydrogens is 480 g/mol. The van der Waals surface area contributed by atoms with Gasteiger partial charge in [0, 0.05) is 42.3 Å². The van der Waals surface area contributed by atoms with Gasteiger partial charge in [-0.05, 0) is 74.9 Å². The van der Waals surface area contributed by atoms with Gasteiger partial charge in [0.1, 0.15) is 0 Å². The van der Waals surface area contributed by atoms with Crippen molar-refractivity contribution in [2.45, 2.75) is 38.1 Å². The number of para-hydroxylation sites is 2. The number of carbonyl (C=O) groups is 1. The molecule has 2 saturated heterocycles. The van der Waals surface area contributed by atoms with E-state index < -0.39 is 0 Å². The molecule has 0 radical (unpaired) electrons. The van der Waals surface area contributed by atoms with Gasteiger partial charge in [0.15, 0.2) is 0 Å². The van der Waals surface area contributed by atoms with E-state index in [-0.39, 0.29) is 17.6 Å². The van der Waals surface area contributed by atoms with E-state index in [4.69, 9.17) is 0 Å². The summed E-state index contributed by atoms with van der Waals surface area (Å²) in [5.74, 6) is 0.829. The lowest BCUT2D eigenvalue weighted by molar-refractivity contribution is 0.0677. The van der Waals surface area contributed by atoms with Crippen molar-refractivity contribution in [3.63, 3.8) is 0 Å². The Labute approximate surface area is 202 Å². The lowest BCUT2D eigenvalue weighted by Gasteiger charge is -2.35. The molecule has 0 spiro atoms. The number of fused-ring (bicyclic) bond motifs is 1. The Hall–Kier alpha value is -2.38. The number of aromatic amines is 1. The van der Waals surface area contributed by atoms with Gasteiger partial charge in [-0.25, -0.2) is 4.79 Å². The van der Waals surface area contributed by atoms with Gasteiger partial charge in [-0.15, -0.1) is 0 Å². The molecule has 3 aromatic rings. The van der Waals surface area contributed by atoms with Crippen LogP contribution in [0.2, 0.25) is 0 Å². The molecule has 1 amide bonds. The van der Waals surface area contributed by atoms with Gasteiger partial charge in [-0.1, -0.05) is 34.1 Å². The number of benzene rings is 2. The second-order valence-corrected chi connectivity index (χ2v) is 10.3. The molecule has 1 aromatic heterocycles. The molecule has 2 fully saturated rings. The number of halogens is 1. The highest BCUT2D eigenvalue weighted by Gasteiger charge is 2.26. The van der Waals surface area contributed by atoms with Crippen LogP contribution in [0, 0.1) is 5.92 Å². The molecule has 0 bridgehead atoms. The first kappa shape index (κ1) is 22.4. The van der Waals surface area contributed by atoms with Crippen LogP contribution in [0.15, 0.2) is 57.8 Å². The molecule has 174 valence electrons. The molecule has 3 heterocycles. The molecule has 5 rings (SSSR count). The van der Waals surface area contributed by atoms with Crippen molar-refractivity contribution in [1.82, 2.24) is 19.4 Å². The van der Waals surface area contributed by atoms with Gasteiger partial charge in [0.25, 0.3) is 5.91 Å². The van der Waals surface area contributed by atoms with Crippen molar-refractivity contribution < 1.29 is 4.79 Å². The van der Waals surface area contributed by atoms with E-state index in [1.54, 1.807) is 0 Å². The number of amides is 1. The van der Waals surface area contributed by atoms with Gasteiger partial charge in [-0.3, -0.25) is 9.36 Å². The van der Waals surface area contributed by atoms with E-state index in [2.05, 4.69) is 25.8 Å². The molecule has 2 aliphatic rings. The molecule has 0 saturated carbocycles. The van der Waals surface area contributed by atoms with Crippen molar-refractivity contribution in [2.24, 2.45) is 5.92 Å². The SMILES string of the molecule is O=C(c1cccc(Br)c1)N1CCC(CCN2CCC(n3c(=O)[nH]c4ccccc43)CC2)CC1. The van der Waals surface area contributed by atoms with Gasteiger partial charge in [0.2, 0.25) is 0 Å². The smallest absolute Gasteiger partial charge is 0.326 e. The van der Waals surface area contributed by atoms with Crippen molar-refractivity contribution in [2.75, 3.05) is 32.7 Å². The van der Waals surface area contributed by atoms with Crippen LogP contribution in [0.25, 0.3) is 11.0 Å². The van der Waals surface area contributed by atoms with Gasteiger partial charge >= 0.3 is 5.69 Å². The van der Waals surface area contributed by atoms with Gasteiger partial charge in [-0.2, -0.15) is 0 Å². The van der Waals surface area contributed by atoms with Crippen molar-refractivity contribution in [3.8, 4) is 0 Å². The largest absolute Gasteiger partial charge is 0.339 e. The summed E-state index contributed by atoms with van der Waals surface area (Å²) in [6, 6.07) is 15.9. The number of imidazole rings is 1. The number of aromatic nitrogens is 2. The molecule has 0 aliphatic carbocycles. The summed E-state index contributed by atoms with van der Waals surface area (Å²) in [6.45, 7) is 4.89. The Morgan fingerprint density at radius 1 is 0.970 bits per heavy atom. The zero-order valence-electron chi connectivity index (χ0n) is 18.9. The summed E-state index contributed by atoms with van der Waals surface area (Å²) in [5, 5.41) is 0. The second-order valence-electron chi connectivity index (χ2n) is 9.42. The minimum absolute atomic E-state index is 0.0128. The van der Waals surface area contributed by atoms with Crippen LogP contribution in [0.5, 0.6) is 0 Å². The quantitative estimate of drug-likeness (QED) is 0.542. The molecule has 33 heavy (non-hydrogen) atoms. The Morgan fingerprint density at radius 2 is 1.73 bits per heavy atom. The summed E-state index contributed by atoms with van der Waals surface area (Å²) in [5.41, 5.74) is 2.72. The van der Waals surface area contributed by atoms with Gasteiger partial charge < -0.3 is 14.8 Å². The molecule has 7 heteroatoms.